The van der Waals surface area contributed by atoms with E-state index in [-0.39, 0.29) is 6.04 Å². The number of hydrogen-bond donors (Lipinski definition) is 1. The summed E-state index contributed by atoms with van der Waals surface area (Å²) < 4.78 is 6.03. The summed E-state index contributed by atoms with van der Waals surface area (Å²) in [6.07, 6.45) is 7.46. The molecule has 0 spiro atoms. The Labute approximate surface area is 177 Å². The van der Waals surface area contributed by atoms with Crippen molar-refractivity contribution in [2.75, 3.05) is 23.9 Å². The van der Waals surface area contributed by atoms with Gasteiger partial charge in [-0.2, -0.15) is 0 Å². The topological polar surface area (TPSA) is 80.2 Å². The van der Waals surface area contributed by atoms with Gasteiger partial charge in [0.2, 0.25) is 0 Å². The zero-order chi connectivity index (χ0) is 20.2. The standard InChI is InChI=1S/C20H20ClN5O2S/c1-28-16-7-6-15(20-23-11-17(21)29-20)24-19(16)25-18-8-5-13(10-22-18)26-9-3-2-4-14(26)12-27/h5-8,10-12,14H,2-4,9H2,1H3,(H,22,24,25). The maximum absolute atomic E-state index is 11.4. The van der Waals surface area contributed by atoms with Crippen LogP contribution in [0.3, 0.4) is 0 Å². The van der Waals surface area contributed by atoms with E-state index in [2.05, 4.69) is 25.2 Å². The van der Waals surface area contributed by atoms with E-state index in [1.54, 1.807) is 19.5 Å². The Morgan fingerprint density at radius 3 is 2.83 bits per heavy atom. The van der Waals surface area contributed by atoms with Gasteiger partial charge in [-0.15, -0.1) is 11.3 Å². The summed E-state index contributed by atoms with van der Waals surface area (Å²) in [5.74, 6) is 1.77. The van der Waals surface area contributed by atoms with Gasteiger partial charge in [0.1, 0.15) is 27.1 Å². The maximum atomic E-state index is 11.4. The summed E-state index contributed by atoms with van der Waals surface area (Å²) in [5.41, 5.74) is 1.64. The van der Waals surface area contributed by atoms with Crippen LogP contribution < -0.4 is 15.0 Å². The Kier molecular flexibility index (Phi) is 5.92. The highest BCUT2D eigenvalue weighted by Crippen LogP contribution is 2.32. The minimum Gasteiger partial charge on any atom is -0.493 e. The Bertz CT molecular complexity index is 995. The summed E-state index contributed by atoms with van der Waals surface area (Å²) in [7, 11) is 1.59. The monoisotopic (exact) mass is 429 g/mol. The molecule has 0 bridgehead atoms. The summed E-state index contributed by atoms with van der Waals surface area (Å²) in [4.78, 5) is 26.9. The second-order valence-electron chi connectivity index (χ2n) is 6.64. The van der Waals surface area contributed by atoms with E-state index in [0.717, 1.165) is 42.8 Å². The van der Waals surface area contributed by atoms with Crippen molar-refractivity contribution in [2.45, 2.75) is 25.3 Å². The average molecular weight is 430 g/mol. The molecule has 4 rings (SSSR count). The van der Waals surface area contributed by atoms with E-state index in [1.807, 2.05) is 24.3 Å². The molecule has 7 nitrogen and oxygen atoms in total. The SMILES string of the molecule is COc1ccc(-c2ncc(Cl)s2)nc1Nc1ccc(N2CCCCC2C=O)cn1. The van der Waals surface area contributed by atoms with Crippen molar-refractivity contribution in [1.29, 1.82) is 0 Å². The van der Waals surface area contributed by atoms with E-state index in [1.165, 1.54) is 11.3 Å². The second kappa shape index (κ2) is 8.75. The van der Waals surface area contributed by atoms with Crippen LogP contribution in [0.2, 0.25) is 4.34 Å². The van der Waals surface area contributed by atoms with Crippen molar-refractivity contribution in [3.05, 3.63) is 41.0 Å². The molecule has 0 radical (unpaired) electrons. The van der Waals surface area contributed by atoms with E-state index in [4.69, 9.17) is 16.3 Å². The Balaban J connectivity index is 1.56. The number of carbonyl (C=O) groups excluding carboxylic acids is 1. The Morgan fingerprint density at radius 2 is 2.14 bits per heavy atom. The number of anilines is 3. The van der Waals surface area contributed by atoms with Crippen LogP contribution in [0, 0.1) is 0 Å². The minimum atomic E-state index is -0.0760. The number of nitrogens with one attached hydrogen (secondary N) is 1. The smallest absolute Gasteiger partial charge is 0.175 e. The fourth-order valence-electron chi connectivity index (χ4n) is 3.36. The van der Waals surface area contributed by atoms with Gasteiger partial charge in [0, 0.05) is 6.54 Å². The number of nitrogens with zero attached hydrogens (tertiary/aromatic N) is 4. The molecule has 3 aromatic rings. The normalized spacial score (nSPS) is 16.5. The van der Waals surface area contributed by atoms with Crippen LogP contribution in [0.5, 0.6) is 5.75 Å². The third-order valence-electron chi connectivity index (χ3n) is 4.81. The van der Waals surface area contributed by atoms with Gasteiger partial charge in [0.05, 0.1) is 31.2 Å². The number of ether oxygens (including phenoxy) is 1. The summed E-state index contributed by atoms with van der Waals surface area (Å²) >= 11 is 7.35. The van der Waals surface area contributed by atoms with E-state index in [9.17, 15) is 4.79 Å². The van der Waals surface area contributed by atoms with Crippen molar-refractivity contribution in [3.8, 4) is 16.5 Å². The first-order valence-electron chi connectivity index (χ1n) is 9.29. The predicted octanol–water partition coefficient (Wildman–Crippen LogP) is 4.56. The fourth-order valence-corrected chi connectivity index (χ4v) is 4.24. The highest BCUT2D eigenvalue weighted by molar-refractivity contribution is 7.18. The van der Waals surface area contributed by atoms with Gasteiger partial charge in [-0.3, -0.25) is 0 Å². The molecule has 29 heavy (non-hydrogen) atoms. The molecule has 0 amide bonds. The van der Waals surface area contributed by atoms with Crippen LogP contribution in [0.25, 0.3) is 10.7 Å². The van der Waals surface area contributed by atoms with E-state index < -0.39 is 0 Å². The first-order chi connectivity index (χ1) is 14.2. The van der Waals surface area contributed by atoms with Crippen LogP contribution in [0.1, 0.15) is 19.3 Å². The Morgan fingerprint density at radius 1 is 1.24 bits per heavy atom. The molecule has 9 heteroatoms. The fraction of sp³-hybridized carbons (Fsp3) is 0.300. The largest absolute Gasteiger partial charge is 0.493 e. The average Bonchev–Trinajstić information content (AvgIpc) is 3.20. The number of pyridine rings is 2. The van der Waals surface area contributed by atoms with Crippen molar-refractivity contribution in [3.63, 3.8) is 0 Å². The zero-order valence-electron chi connectivity index (χ0n) is 15.8. The third kappa shape index (κ3) is 4.33. The summed E-state index contributed by atoms with van der Waals surface area (Å²) in [6, 6.07) is 7.43. The first-order valence-corrected chi connectivity index (χ1v) is 10.5. The quantitative estimate of drug-likeness (QED) is 0.575. The van der Waals surface area contributed by atoms with Gasteiger partial charge < -0.3 is 19.7 Å². The molecule has 1 saturated heterocycles. The lowest BCUT2D eigenvalue weighted by Crippen LogP contribution is -2.40. The van der Waals surface area contributed by atoms with E-state index in [0.29, 0.717) is 27.4 Å². The van der Waals surface area contributed by atoms with Crippen molar-refractivity contribution in [1.82, 2.24) is 15.0 Å². The molecule has 1 aliphatic heterocycles. The van der Waals surface area contributed by atoms with E-state index >= 15 is 0 Å². The van der Waals surface area contributed by atoms with Gasteiger partial charge in [-0.25, -0.2) is 15.0 Å². The number of piperidine rings is 1. The molecule has 0 aromatic carbocycles. The number of hydrogen-bond acceptors (Lipinski definition) is 8. The molecular formula is C20H20ClN5O2S. The number of halogens is 1. The second-order valence-corrected chi connectivity index (χ2v) is 8.30. The van der Waals surface area contributed by atoms with Crippen molar-refractivity contribution >= 4 is 46.5 Å². The number of aldehydes is 1. The maximum Gasteiger partial charge on any atom is 0.175 e. The molecule has 3 aromatic heterocycles. The van der Waals surface area contributed by atoms with Gasteiger partial charge >= 0.3 is 0 Å². The van der Waals surface area contributed by atoms with Crippen LogP contribution in [0.15, 0.2) is 36.7 Å². The number of carbonyl (C=O) groups is 1. The highest BCUT2D eigenvalue weighted by Gasteiger charge is 2.22. The molecule has 1 atom stereocenters. The molecule has 0 saturated carbocycles. The number of thiazole rings is 1. The Hall–Kier alpha value is -2.71. The molecule has 0 aliphatic carbocycles. The molecule has 150 valence electrons. The van der Waals surface area contributed by atoms with Gasteiger partial charge in [0.25, 0.3) is 0 Å². The first kappa shape index (κ1) is 19.6. The molecular weight excluding hydrogens is 410 g/mol. The van der Waals surface area contributed by atoms with Gasteiger partial charge in [0.15, 0.2) is 11.6 Å². The number of aromatic nitrogens is 3. The predicted molar refractivity (Wildman–Crippen MR) is 115 cm³/mol. The number of methoxy groups -OCH3 is 1. The highest BCUT2D eigenvalue weighted by atomic mass is 35.5. The molecule has 1 N–H and O–H groups in total. The molecule has 4 heterocycles. The van der Waals surface area contributed by atoms with Crippen LogP contribution in [-0.2, 0) is 4.79 Å². The van der Waals surface area contributed by atoms with Gasteiger partial charge in [-0.1, -0.05) is 11.6 Å². The number of rotatable bonds is 6. The van der Waals surface area contributed by atoms with Crippen LogP contribution in [-0.4, -0.2) is 40.9 Å². The molecule has 1 aliphatic rings. The lowest BCUT2D eigenvalue weighted by molar-refractivity contribution is -0.109. The zero-order valence-corrected chi connectivity index (χ0v) is 17.4. The lowest BCUT2D eigenvalue weighted by Gasteiger charge is -2.34. The summed E-state index contributed by atoms with van der Waals surface area (Å²) in [6.45, 7) is 0.867. The van der Waals surface area contributed by atoms with Crippen molar-refractivity contribution in [2.24, 2.45) is 0 Å². The summed E-state index contributed by atoms with van der Waals surface area (Å²) in [5, 5.41) is 3.93. The third-order valence-corrected chi connectivity index (χ3v) is 5.94. The van der Waals surface area contributed by atoms with Crippen LogP contribution in [0.4, 0.5) is 17.3 Å². The minimum absolute atomic E-state index is 0.0760. The lowest BCUT2D eigenvalue weighted by atomic mass is 10.0. The van der Waals surface area contributed by atoms with Crippen LogP contribution >= 0.6 is 22.9 Å². The van der Waals surface area contributed by atoms with Crippen molar-refractivity contribution < 1.29 is 9.53 Å². The molecule has 1 fully saturated rings. The van der Waals surface area contributed by atoms with Gasteiger partial charge in [-0.05, 0) is 43.5 Å². The molecule has 1 unspecified atom stereocenters.